The van der Waals surface area contributed by atoms with Crippen molar-refractivity contribution in [3.8, 4) is 11.5 Å². The van der Waals surface area contributed by atoms with Crippen molar-refractivity contribution in [1.29, 1.82) is 0 Å². The number of aromatic nitrogens is 1. The lowest BCUT2D eigenvalue weighted by atomic mass is 10.1. The minimum atomic E-state index is 0.303. The van der Waals surface area contributed by atoms with Crippen LogP contribution in [0.3, 0.4) is 0 Å². The van der Waals surface area contributed by atoms with Crippen molar-refractivity contribution >= 4 is 21.8 Å². The largest absolute Gasteiger partial charge is 0.507 e. The number of rotatable bonds is 1. The lowest BCUT2D eigenvalue weighted by Crippen LogP contribution is -1.87. The fraction of sp³-hybridized carbons (Fsp3) is 0.133. The first kappa shape index (κ1) is 10.8. The first-order chi connectivity index (χ1) is 8.69. The van der Waals surface area contributed by atoms with E-state index in [1.54, 1.807) is 7.11 Å². The summed E-state index contributed by atoms with van der Waals surface area (Å²) < 4.78 is 5.19. The lowest BCUT2D eigenvalue weighted by Gasteiger charge is -2.07. The van der Waals surface area contributed by atoms with Crippen molar-refractivity contribution in [1.82, 2.24) is 4.98 Å². The third-order valence-corrected chi connectivity index (χ3v) is 3.17. The van der Waals surface area contributed by atoms with Crippen LogP contribution >= 0.6 is 0 Å². The molecule has 0 unspecified atom stereocenters. The van der Waals surface area contributed by atoms with Gasteiger partial charge in [-0.25, -0.2) is 4.98 Å². The van der Waals surface area contributed by atoms with E-state index in [-0.39, 0.29) is 0 Å². The summed E-state index contributed by atoms with van der Waals surface area (Å²) in [6.07, 6.45) is 0. The molecule has 0 aliphatic rings. The van der Waals surface area contributed by atoms with Crippen molar-refractivity contribution in [3.05, 3.63) is 42.0 Å². The van der Waals surface area contributed by atoms with Gasteiger partial charge >= 0.3 is 0 Å². The summed E-state index contributed by atoms with van der Waals surface area (Å²) in [6.45, 7) is 1.88. The molecule has 0 saturated carbocycles. The van der Waals surface area contributed by atoms with E-state index >= 15 is 0 Å². The number of hydrogen-bond acceptors (Lipinski definition) is 3. The van der Waals surface area contributed by atoms with Crippen molar-refractivity contribution in [2.75, 3.05) is 7.11 Å². The Morgan fingerprint density at radius 3 is 2.67 bits per heavy atom. The molecule has 0 atom stereocenters. The first-order valence-electron chi connectivity index (χ1n) is 5.76. The maximum atomic E-state index is 10.1. The second kappa shape index (κ2) is 3.88. The van der Waals surface area contributed by atoms with Crippen LogP contribution in [0, 0.1) is 6.92 Å². The number of pyridine rings is 1. The maximum Gasteiger partial charge on any atom is 0.127 e. The van der Waals surface area contributed by atoms with Crippen molar-refractivity contribution in [3.63, 3.8) is 0 Å². The minimum absolute atomic E-state index is 0.303. The molecule has 1 aromatic heterocycles. The summed E-state index contributed by atoms with van der Waals surface area (Å²) in [5.74, 6) is 1.09. The van der Waals surface area contributed by atoms with Crippen LogP contribution in [0.25, 0.3) is 21.8 Å². The highest BCUT2D eigenvalue weighted by Crippen LogP contribution is 2.30. The van der Waals surface area contributed by atoms with Gasteiger partial charge in [0.05, 0.1) is 18.1 Å². The van der Waals surface area contributed by atoms with Crippen LogP contribution in [0.15, 0.2) is 36.4 Å². The zero-order valence-electron chi connectivity index (χ0n) is 10.3. The zero-order chi connectivity index (χ0) is 12.7. The third-order valence-electron chi connectivity index (χ3n) is 3.17. The zero-order valence-corrected chi connectivity index (χ0v) is 10.3. The highest BCUT2D eigenvalue weighted by atomic mass is 16.5. The number of ether oxygens (including phenoxy) is 1. The average Bonchev–Trinajstić information content (AvgIpc) is 2.41. The van der Waals surface area contributed by atoms with Crippen molar-refractivity contribution in [2.24, 2.45) is 0 Å². The fourth-order valence-corrected chi connectivity index (χ4v) is 2.10. The molecule has 1 heterocycles. The van der Waals surface area contributed by atoms with Gasteiger partial charge in [-0.3, -0.25) is 0 Å². The summed E-state index contributed by atoms with van der Waals surface area (Å²) in [7, 11) is 1.64. The number of fused-ring (bicyclic) bond motifs is 2. The Morgan fingerprint density at radius 1 is 1.06 bits per heavy atom. The SMILES string of the molecule is COc1ccc2cc3c(O)c(C)ccc3nc2c1. The van der Waals surface area contributed by atoms with Crippen LogP contribution in [0.2, 0.25) is 0 Å². The van der Waals surface area contributed by atoms with Gasteiger partial charge in [-0.2, -0.15) is 0 Å². The van der Waals surface area contributed by atoms with Gasteiger partial charge in [-0.15, -0.1) is 0 Å². The number of phenols is 1. The number of aryl methyl sites for hydroxylation is 1. The summed E-state index contributed by atoms with van der Waals surface area (Å²) in [5, 5.41) is 11.8. The maximum absolute atomic E-state index is 10.1. The Kier molecular flexibility index (Phi) is 2.33. The standard InChI is InChI=1S/C15H13NO2/c1-9-3-6-13-12(15(9)17)7-10-4-5-11(18-2)8-14(10)16-13/h3-8,17H,1-2H3. The molecule has 3 nitrogen and oxygen atoms in total. The Morgan fingerprint density at radius 2 is 1.89 bits per heavy atom. The molecule has 18 heavy (non-hydrogen) atoms. The molecule has 0 aliphatic heterocycles. The molecule has 0 spiro atoms. The number of aromatic hydroxyl groups is 1. The summed E-state index contributed by atoms with van der Waals surface area (Å²) in [5.41, 5.74) is 2.51. The highest BCUT2D eigenvalue weighted by Gasteiger charge is 2.06. The predicted molar refractivity (Wildman–Crippen MR) is 72.2 cm³/mol. The molecule has 0 aliphatic carbocycles. The van der Waals surface area contributed by atoms with Gasteiger partial charge in [-0.1, -0.05) is 6.07 Å². The van der Waals surface area contributed by atoms with Gasteiger partial charge in [-0.05, 0) is 36.8 Å². The van der Waals surface area contributed by atoms with E-state index in [2.05, 4.69) is 4.98 Å². The molecule has 0 fully saturated rings. The molecule has 0 radical (unpaired) electrons. The molecule has 90 valence electrons. The van der Waals surface area contributed by atoms with Gasteiger partial charge < -0.3 is 9.84 Å². The van der Waals surface area contributed by atoms with Crippen LogP contribution in [0.4, 0.5) is 0 Å². The van der Waals surface area contributed by atoms with Crippen LogP contribution in [-0.4, -0.2) is 17.2 Å². The second-order valence-electron chi connectivity index (χ2n) is 4.34. The number of hydrogen-bond donors (Lipinski definition) is 1. The molecule has 2 aromatic carbocycles. The summed E-state index contributed by atoms with van der Waals surface area (Å²) >= 11 is 0. The van der Waals surface area contributed by atoms with Crippen molar-refractivity contribution in [2.45, 2.75) is 6.92 Å². The van der Waals surface area contributed by atoms with Crippen LogP contribution in [-0.2, 0) is 0 Å². The highest BCUT2D eigenvalue weighted by molar-refractivity contribution is 5.96. The molecule has 0 bridgehead atoms. The quantitative estimate of drug-likeness (QED) is 0.662. The monoisotopic (exact) mass is 239 g/mol. The van der Waals surface area contributed by atoms with E-state index in [4.69, 9.17) is 4.74 Å². The molecule has 0 amide bonds. The van der Waals surface area contributed by atoms with Gasteiger partial charge in [0, 0.05) is 16.8 Å². The van der Waals surface area contributed by atoms with E-state index in [9.17, 15) is 5.11 Å². The molecule has 3 heteroatoms. The Hall–Kier alpha value is -2.29. The topological polar surface area (TPSA) is 42.4 Å². The van der Waals surface area contributed by atoms with E-state index in [1.807, 2.05) is 43.3 Å². The van der Waals surface area contributed by atoms with Gasteiger partial charge in [0.2, 0.25) is 0 Å². The van der Waals surface area contributed by atoms with Crippen LogP contribution in [0.1, 0.15) is 5.56 Å². The molecule has 3 aromatic rings. The predicted octanol–water partition coefficient (Wildman–Crippen LogP) is 3.41. The Labute approximate surface area is 105 Å². The van der Waals surface area contributed by atoms with E-state index in [0.29, 0.717) is 5.75 Å². The van der Waals surface area contributed by atoms with E-state index < -0.39 is 0 Å². The molecular formula is C15H13NO2. The average molecular weight is 239 g/mol. The van der Waals surface area contributed by atoms with Crippen molar-refractivity contribution < 1.29 is 9.84 Å². The van der Waals surface area contributed by atoms with E-state index in [0.717, 1.165) is 33.1 Å². The summed E-state index contributed by atoms with van der Waals surface area (Å²) in [4.78, 5) is 4.55. The number of benzene rings is 2. The van der Waals surface area contributed by atoms with Crippen LogP contribution in [0.5, 0.6) is 11.5 Å². The number of methoxy groups -OCH3 is 1. The second-order valence-corrected chi connectivity index (χ2v) is 4.34. The third kappa shape index (κ3) is 1.56. The van der Waals surface area contributed by atoms with Gasteiger partial charge in [0.15, 0.2) is 0 Å². The number of nitrogens with zero attached hydrogens (tertiary/aromatic N) is 1. The molecule has 0 saturated heterocycles. The molecular weight excluding hydrogens is 226 g/mol. The normalized spacial score (nSPS) is 11.0. The number of phenolic OH excluding ortho intramolecular Hbond substituents is 1. The molecule has 1 N–H and O–H groups in total. The first-order valence-corrected chi connectivity index (χ1v) is 5.76. The fourth-order valence-electron chi connectivity index (χ4n) is 2.10. The van der Waals surface area contributed by atoms with E-state index in [1.165, 1.54) is 0 Å². The van der Waals surface area contributed by atoms with Gasteiger partial charge in [0.25, 0.3) is 0 Å². The Balaban J connectivity index is 2.39. The van der Waals surface area contributed by atoms with Crippen LogP contribution < -0.4 is 4.74 Å². The lowest BCUT2D eigenvalue weighted by molar-refractivity contribution is 0.415. The molecule has 3 rings (SSSR count). The van der Waals surface area contributed by atoms with Gasteiger partial charge in [0.1, 0.15) is 11.5 Å². The minimum Gasteiger partial charge on any atom is -0.507 e. The smallest absolute Gasteiger partial charge is 0.127 e. The summed E-state index contributed by atoms with van der Waals surface area (Å²) in [6, 6.07) is 11.5. The Bertz CT molecular complexity index is 750.